The Kier molecular flexibility index (Phi) is 5.86. The second-order valence-electron chi connectivity index (χ2n) is 5.82. The lowest BCUT2D eigenvalue weighted by molar-refractivity contribution is -0.134. The number of carbonyl (C=O) groups excluding carboxylic acids is 3. The average Bonchev–Trinajstić information content (AvgIpc) is 3.23. The summed E-state index contributed by atoms with van der Waals surface area (Å²) < 4.78 is 10.2. The van der Waals surface area contributed by atoms with Gasteiger partial charge in [-0.3, -0.25) is 14.4 Å². The first-order valence-corrected chi connectivity index (χ1v) is 8.62. The number of carbonyl (C=O) groups is 3. The Bertz CT molecular complexity index is 978. The van der Waals surface area contributed by atoms with E-state index in [0.29, 0.717) is 22.7 Å². The van der Waals surface area contributed by atoms with Crippen LogP contribution >= 0.6 is 0 Å². The zero-order valence-corrected chi connectivity index (χ0v) is 15.1. The van der Waals surface area contributed by atoms with E-state index in [9.17, 15) is 14.4 Å². The number of rotatable bonds is 6. The zero-order valence-electron chi connectivity index (χ0n) is 15.1. The van der Waals surface area contributed by atoms with Crippen molar-refractivity contribution >= 4 is 29.2 Å². The molecule has 0 aliphatic heterocycles. The third-order valence-corrected chi connectivity index (χ3v) is 3.76. The number of ether oxygens (including phenoxy) is 1. The van der Waals surface area contributed by atoms with Crippen molar-refractivity contribution in [2.75, 3.05) is 10.6 Å². The van der Waals surface area contributed by atoms with Crippen LogP contribution in [-0.2, 0) is 4.79 Å². The standard InChI is InChI=1S/C21H18N2O5/c1-2-19(24)28-17-6-3-5-16(13-17)23-20(25)14-8-10-15(11-9-14)22-21(26)18-7-4-12-27-18/h3-13H,2H2,1H3,(H,22,26)(H,23,25). The van der Waals surface area contributed by atoms with Crippen molar-refractivity contribution in [2.24, 2.45) is 0 Å². The molecule has 0 saturated carbocycles. The second-order valence-corrected chi connectivity index (χ2v) is 5.82. The van der Waals surface area contributed by atoms with Crippen molar-refractivity contribution < 1.29 is 23.5 Å². The van der Waals surface area contributed by atoms with Gasteiger partial charge in [-0.2, -0.15) is 0 Å². The molecular formula is C21H18N2O5. The van der Waals surface area contributed by atoms with Gasteiger partial charge in [-0.15, -0.1) is 0 Å². The van der Waals surface area contributed by atoms with Crippen LogP contribution in [0.25, 0.3) is 0 Å². The summed E-state index contributed by atoms with van der Waals surface area (Å²) in [4.78, 5) is 35.7. The first kappa shape index (κ1) is 18.9. The number of amides is 2. The average molecular weight is 378 g/mol. The normalized spacial score (nSPS) is 10.2. The van der Waals surface area contributed by atoms with E-state index in [4.69, 9.17) is 9.15 Å². The molecule has 2 N–H and O–H groups in total. The van der Waals surface area contributed by atoms with E-state index in [1.807, 2.05) is 0 Å². The first-order valence-electron chi connectivity index (χ1n) is 8.62. The van der Waals surface area contributed by atoms with Crippen LogP contribution in [0, 0.1) is 0 Å². The number of hydrogen-bond acceptors (Lipinski definition) is 5. The number of nitrogens with one attached hydrogen (secondary N) is 2. The molecule has 0 aliphatic rings. The fourth-order valence-electron chi connectivity index (χ4n) is 2.35. The lowest BCUT2D eigenvalue weighted by Crippen LogP contribution is -2.13. The molecule has 2 aromatic carbocycles. The Hall–Kier alpha value is -3.87. The minimum absolute atomic E-state index is 0.200. The molecule has 0 spiro atoms. The van der Waals surface area contributed by atoms with Crippen LogP contribution in [0.3, 0.4) is 0 Å². The molecule has 0 saturated heterocycles. The van der Waals surface area contributed by atoms with Crippen molar-refractivity contribution in [3.8, 4) is 5.75 Å². The third-order valence-electron chi connectivity index (χ3n) is 3.76. The molecule has 3 rings (SSSR count). The Balaban J connectivity index is 1.62. The zero-order chi connectivity index (χ0) is 19.9. The predicted molar refractivity (Wildman–Crippen MR) is 103 cm³/mol. The van der Waals surface area contributed by atoms with Gasteiger partial charge in [0.2, 0.25) is 0 Å². The second kappa shape index (κ2) is 8.68. The molecule has 0 bridgehead atoms. The Labute approximate surface area is 161 Å². The summed E-state index contributed by atoms with van der Waals surface area (Å²) in [6, 6.07) is 16.2. The number of benzene rings is 2. The van der Waals surface area contributed by atoms with E-state index in [0.717, 1.165) is 0 Å². The summed E-state index contributed by atoms with van der Waals surface area (Å²) >= 11 is 0. The number of furan rings is 1. The molecule has 0 fully saturated rings. The molecule has 1 heterocycles. The molecule has 7 nitrogen and oxygen atoms in total. The monoisotopic (exact) mass is 378 g/mol. The molecule has 1 aromatic heterocycles. The van der Waals surface area contributed by atoms with Gasteiger partial charge in [0.05, 0.1) is 6.26 Å². The first-order chi connectivity index (χ1) is 13.5. The Morgan fingerprint density at radius 1 is 0.893 bits per heavy atom. The van der Waals surface area contributed by atoms with Gasteiger partial charge in [0.15, 0.2) is 5.76 Å². The topological polar surface area (TPSA) is 97.6 Å². The van der Waals surface area contributed by atoms with E-state index in [1.54, 1.807) is 67.6 Å². The fourth-order valence-corrected chi connectivity index (χ4v) is 2.35. The third kappa shape index (κ3) is 4.85. The van der Waals surface area contributed by atoms with Crippen LogP contribution in [0.1, 0.15) is 34.3 Å². The van der Waals surface area contributed by atoms with Crippen molar-refractivity contribution in [3.05, 3.63) is 78.3 Å². The molecule has 0 radical (unpaired) electrons. The summed E-state index contributed by atoms with van der Waals surface area (Å²) in [6.45, 7) is 1.70. The summed E-state index contributed by atoms with van der Waals surface area (Å²) in [6.07, 6.45) is 1.68. The predicted octanol–water partition coefficient (Wildman–Crippen LogP) is 4.10. The van der Waals surface area contributed by atoms with Gasteiger partial charge in [0, 0.05) is 29.4 Å². The van der Waals surface area contributed by atoms with Crippen LogP contribution < -0.4 is 15.4 Å². The molecule has 3 aromatic rings. The van der Waals surface area contributed by atoms with Gasteiger partial charge in [0.25, 0.3) is 11.8 Å². The highest BCUT2D eigenvalue weighted by molar-refractivity contribution is 6.05. The lowest BCUT2D eigenvalue weighted by Gasteiger charge is -2.09. The van der Waals surface area contributed by atoms with E-state index in [2.05, 4.69) is 10.6 Å². The maximum absolute atomic E-state index is 12.4. The van der Waals surface area contributed by atoms with Crippen molar-refractivity contribution in [3.63, 3.8) is 0 Å². The Morgan fingerprint density at radius 2 is 1.64 bits per heavy atom. The van der Waals surface area contributed by atoms with E-state index >= 15 is 0 Å². The molecular weight excluding hydrogens is 360 g/mol. The molecule has 0 atom stereocenters. The number of esters is 1. The highest BCUT2D eigenvalue weighted by atomic mass is 16.5. The van der Waals surface area contributed by atoms with Crippen LogP contribution in [0.2, 0.25) is 0 Å². The highest BCUT2D eigenvalue weighted by Crippen LogP contribution is 2.19. The lowest BCUT2D eigenvalue weighted by atomic mass is 10.2. The van der Waals surface area contributed by atoms with Crippen molar-refractivity contribution in [1.82, 2.24) is 0 Å². The van der Waals surface area contributed by atoms with Gasteiger partial charge < -0.3 is 19.8 Å². The largest absolute Gasteiger partial charge is 0.459 e. The smallest absolute Gasteiger partial charge is 0.310 e. The molecule has 142 valence electrons. The van der Waals surface area contributed by atoms with Crippen LogP contribution in [0.5, 0.6) is 5.75 Å². The molecule has 7 heteroatoms. The molecule has 0 unspecified atom stereocenters. The van der Waals surface area contributed by atoms with Crippen LogP contribution in [0.15, 0.2) is 71.3 Å². The maximum atomic E-state index is 12.4. The number of hydrogen-bond donors (Lipinski definition) is 2. The quantitative estimate of drug-likeness (QED) is 0.497. The van der Waals surface area contributed by atoms with E-state index in [-0.39, 0.29) is 30.0 Å². The summed E-state index contributed by atoms with van der Waals surface area (Å²) in [5.41, 5.74) is 1.44. The summed E-state index contributed by atoms with van der Waals surface area (Å²) in [7, 11) is 0. The molecule has 2 amide bonds. The SMILES string of the molecule is CCC(=O)Oc1cccc(NC(=O)c2ccc(NC(=O)c3ccco3)cc2)c1. The van der Waals surface area contributed by atoms with Gasteiger partial charge in [-0.05, 0) is 48.5 Å². The van der Waals surface area contributed by atoms with Gasteiger partial charge in [0.1, 0.15) is 5.75 Å². The molecule has 0 aliphatic carbocycles. The van der Waals surface area contributed by atoms with Gasteiger partial charge >= 0.3 is 5.97 Å². The van der Waals surface area contributed by atoms with E-state index in [1.165, 1.54) is 6.26 Å². The highest BCUT2D eigenvalue weighted by Gasteiger charge is 2.11. The summed E-state index contributed by atoms with van der Waals surface area (Å²) in [5, 5.41) is 5.42. The summed E-state index contributed by atoms with van der Waals surface area (Å²) in [5.74, 6) is -0.495. The number of anilines is 2. The maximum Gasteiger partial charge on any atom is 0.310 e. The molecule has 28 heavy (non-hydrogen) atoms. The van der Waals surface area contributed by atoms with Crippen LogP contribution in [-0.4, -0.2) is 17.8 Å². The van der Waals surface area contributed by atoms with E-state index < -0.39 is 0 Å². The minimum Gasteiger partial charge on any atom is -0.459 e. The van der Waals surface area contributed by atoms with Gasteiger partial charge in [-0.25, -0.2) is 0 Å². The Morgan fingerprint density at radius 3 is 2.32 bits per heavy atom. The van der Waals surface area contributed by atoms with Crippen LogP contribution in [0.4, 0.5) is 11.4 Å². The van der Waals surface area contributed by atoms with Crippen molar-refractivity contribution in [2.45, 2.75) is 13.3 Å². The van der Waals surface area contributed by atoms with Gasteiger partial charge in [-0.1, -0.05) is 13.0 Å². The fraction of sp³-hybridized carbons (Fsp3) is 0.0952. The minimum atomic E-state index is -0.374. The van der Waals surface area contributed by atoms with Crippen molar-refractivity contribution in [1.29, 1.82) is 0 Å².